The third-order valence-electron chi connectivity index (χ3n) is 3.76. The summed E-state index contributed by atoms with van der Waals surface area (Å²) in [6.07, 6.45) is 1.98. The van der Waals surface area contributed by atoms with Crippen molar-refractivity contribution in [3.05, 3.63) is 34.9 Å². The number of hydrogen-bond donors (Lipinski definition) is 0. The monoisotopic (exact) mass is 306 g/mol. The Kier molecular flexibility index (Phi) is 3.80. The van der Waals surface area contributed by atoms with Crippen molar-refractivity contribution in [3.63, 3.8) is 0 Å². The second-order valence-electron chi connectivity index (χ2n) is 5.62. The first-order valence-corrected chi connectivity index (χ1v) is 7.86. The minimum absolute atomic E-state index is 0.102. The molecule has 0 N–H and O–H groups in total. The molecule has 0 amide bonds. The molecule has 0 fully saturated rings. The predicted octanol–water partition coefficient (Wildman–Crippen LogP) is 3.00. The molecule has 3 rings (SSSR count). The Morgan fingerprint density at radius 2 is 2.19 bits per heavy atom. The van der Waals surface area contributed by atoms with Crippen molar-refractivity contribution in [1.29, 1.82) is 0 Å². The second kappa shape index (κ2) is 5.60. The van der Waals surface area contributed by atoms with Crippen molar-refractivity contribution in [1.82, 2.24) is 9.36 Å². The summed E-state index contributed by atoms with van der Waals surface area (Å²) in [7, 11) is 3.90. The molecule has 2 heterocycles. The van der Waals surface area contributed by atoms with Gasteiger partial charge in [0.25, 0.3) is 0 Å². The lowest BCUT2D eigenvalue weighted by molar-refractivity contribution is 0.585. The minimum atomic E-state index is -0.102. The van der Waals surface area contributed by atoms with Gasteiger partial charge in [0.1, 0.15) is 5.82 Å². The maximum atomic E-state index is 14.5. The molecule has 0 unspecified atom stereocenters. The molecule has 0 aliphatic carbocycles. The van der Waals surface area contributed by atoms with Crippen LogP contribution in [0.1, 0.15) is 23.4 Å². The van der Waals surface area contributed by atoms with Crippen LogP contribution < -0.4 is 9.80 Å². The van der Waals surface area contributed by atoms with Crippen LogP contribution in [0.5, 0.6) is 0 Å². The topological polar surface area (TPSA) is 32.3 Å². The Labute approximate surface area is 128 Å². The maximum Gasteiger partial charge on any atom is 0.204 e. The van der Waals surface area contributed by atoms with Crippen LogP contribution in [0.3, 0.4) is 0 Å². The van der Waals surface area contributed by atoms with Crippen LogP contribution in [0, 0.1) is 12.7 Å². The quantitative estimate of drug-likeness (QED) is 0.872. The van der Waals surface area contributed by atoms with Gasteiger partial charge in [-0.15, -0.1) is 0 Å². The molecule has 0 saturated carbocycles. The summed E-state index contributed by atoms with van der Waals surface area (Å²) in [5, 5.41) is 0.881. The normalized spacial score (nSPS) is 14.2. The van der Waals surface area contributed by atoms with Gasteiger partial charge in [-0.3, -0.25) is 0 Å². The Hall–Kier alpha value is -1.69. The predicted molar refractivity (Wildman–Crippen MR) is 84.7 cm³/mol. The smallest absolute Gasteiger partial charge is 0.204 e. The van der Waals surface area contributed by atoms with Gasteiger partial charge in [-0.05, 0) is 30.9 Å². The average Bonchev–Trinajstić information content (AvgIpc) is 2.92. The van der Waals surface area contributed by atoms with E-state index in [2.05, 4.69) is 14.3 Å². The Balaban J connectivity index is 1.89. The Morgan fingerprint density at radius 1 is 1.38 bits per heavy atom. The molecule has 6 heteroatoms. The lowest BCUT2D eigenvalue weighted by Crippen LogP contribution is -2.30. The van der Waals surface area contributed by atoms with Crippen molar-refractivity contribution >= 4 is 22.4 Å². The van der Waals surface area contributed by atoms with Gasteiger partial charge in [-0.2, -0.15) is 4.37 Å². The lowest BCUT2D eigenvalue weighted by Gasteiger charge is -2.31. The molecular formula is C15H19FN4S. The van der Waals surface area contributed by atoms with E-state index in [0.717, 1.165) is 41.6 Å². The molecule has 0 bridgehead atoms. The third kappa shape index (κ3) is 2.72. The lowest BCUT2D eigenvalue weighted by atomic mass is 9.99. The molecule has 1 aliphatic heterocycles. The highest BCUT2D eigenvalue weighted by molar-refractivity contribution is 7.09. The van der Waals surface area contributed by atoms with Gasteiger partial charge in [-0.1, -0.05) is 12.1 Å². The van der Waals surface area contributed by atoms with E-state index < -0.39 is 0 Å². The third-order valence-corrected chi connectivity index (χ3v) is 4.68. The maximum absolute atomic E-state index is 14.5. The minimum Gasteiger partial charge on any atom is -0.361 e. The van der Waals surface area contributed by atoms with Crippen LogP contribution in [0.2, 0.25) is 0 Å². The highest BCUT2D eigenvalue weighted by Gasteiger charge is 2.23. The number of aryl methyl sites for hydroxylation is 2. The van der Waals surface area contributed by atoms with Crippen molar-refractivity contribution < 1.29 is 4.39 Å². The van der Waals surface area contributed by atoms with Crippen LogP contribution in [0.4, 0.5) is 15.2 Å². The first kappa shape index (κ1) is 14.3. The summed E-state index contributed by atoms with van der Waals surface area (Å²) in [5.74, 6) is 0.660. The molecule has 0 spiro atoms. The van der Waals surface area contributed by atoms with Gasteiger partial charge in [0.15, 0.2) is 5.82 Å². The van der Waals surface area contributed by atoms with E-state index >= 15 is 0 Å². The van der Waals surface area contributed by atoms with E-state index in [1.54, 1.807) is 0 Å². The van der Waals surface area contributed by atoms with E-state index in [0.29, 0.717) is 12.1 Å². The summed E-state index contributed by atoms with van der Waals surface area (Å²) in [6, 6.07) is 3.91. The summed E-state index contributed by atoms with van der Waals surface area (Å²) in [4.78, 5) is 8.51. The van der Waals surface area contributed by atoms with E-state index in [1.807, 2.05) is 38.1 Å². The molecule has 1 aromatic carbocycles. The summed E-state index contributed by atoms with van der Waals surface area (Å²) >= 11 is 1.38. The SMILES string of the molecule is Cc1ccc2c(c1F)N(Cc1nsc(N(C)C)n1)CCC2. The molecule has 1 aromatic heterocycles. The fraction of sp³-hybridized carbons (Fsp3) is 0.467. The van der Waals surface area contributed by atoms with E-state index in [4.69, 9.17) is 0 Å². The number of aromatic nitrogens is 2. The van der Waals surface area contributed by atoms with Crippen molar-refractivity contribution in [2.24, 2.45) is 0 Å². The molecule has 0 radical (unpaired) electrons. The molecule has 4 nitrogen and oxygen atoms in total. The van der Waals surface area contributed by atoms with Crippen LogP contribution >= 0.6 is 11.5 Å². The Morgan fingerprint density at radius 3 is 2.90 bits per heavy atom. The van der Waals surface area contributed by atoms with Gasteiger partial charge in [0.05, 0.1) is 12.2 Å². The van der Waals surface area contributed by atoms with Gasteiger partial charge in [0, 0.05) is 32.2 Å². The molecule has 0 atom stereocenters. The number of nitrogens with zero attached hydrogens (tertiary/aromatic N) is 4. The first-order chi connectivity index (χ1) is 10.1. The Bertz CT molecular complexity index is 653. The fourth-order valence-corrected chi connectivity index (χ4v) is 3.24. The van der Waals surface area contributed by atoms with Crippen LogP contribution in [-0.4, -0.2) is 30.0 Å². The second-order valence-corrected chi connectivity index (χ2v) is 6.35. The number of anilines is 2. The number of hydrogen-bond acceptors (Lipinski definition) is 5. The molecule has 2 aromatic rings. The fourth-order valence-electron chi connectivity index (χ4n) is 2.64. The highest BCUT2D eigenvalue weighted by atomic mass is 32.1. The molecule has 0 saturated heterocycles. The summed E-state index contributed by atoms with van der Waals surface area (Å²) in [5.41, 5.74) is 2.52. The van der Waals surface area contributed by atoms with E-state index in [1.165, 1.54) is 11.5 Å². The van der Waals surface area contributed by atoms with Crippen molar-refractivity contribution in [2.75, 3.05) is 30.4 Å². The van der Waals surface area contributed by atoms with Gasteiger partial charge < -0.3 is 9.80 Å². The van der Waals surface area contributed by atoms with Gasteiger partial charge in [0.2, 0.25) is 5.13 Å². The summed E-state index contributed by atoms with van der Waals surface area (Å²) < 4.78 is 18.9. The largest absolute Gasteiger partial charge is 0.361 e. The number of rotatable bonds is 3. The zero-order chi connectivity index (χ0) is 15.0. The van der Waals surface area contributed by atoms with Gasteiger partial charge >= 0.3 is 0 Å². The number of benzene rings is 1. The first-order valence-electron chi connectivity index (χ1n) is 7.09. The van der Waals surface area contributed by atoms with Crippen LogP contribution in [0.25, 0.3) is 0 Å². The molecular weight excluding hydrogens is 287 g/mol. The average molecular weight is 306 g/mol. The van der Waals surface area contributed by atoms with Crippen LogP contribution in [0.15, 0.2) is 12.1 Å². The van der Waals surface area contributed by atoms with Gasteiger partial charge in [-0.25, -0.2) is 9.37 Å². The van der Waals surface area contributed by atoms with Crippen molar-refractivity contribution in [2.45, 2.75) is 26.3 Å². The highest BCUT2D eigenvalue weighted by Crippen LogP contribution is 2.32. The molecule has 112 valence electrons. The standard InChI is InChI=1S/C15H19FN4S/c1-10-6-7-11-5-4-8-20(14(11)13(10)16)9-12-17-15(19(2)3)21-18-12/h6-7H,4-5,8-9H2,1-3H3. The number of halogens is 1. The zero-order valence-electron chi connectivity index (χ0n) is 12.6. The van der Waals surface area contributed by atoms with Crippen LogP contribution in [-0.2, 0) is 13.0 Å². The van der Waals surface area contributed by atoms with Crippen molar-refractivity contribution in [3.8, 4) is 0 Å². The molecule has 1 aliphatic rings. The van der Waals surface area contributed by atoms with E-state index in [9.17, 15) is 4.39 Å². The molecule has 21 heavy (non-hydrogen) atoms. The zero-order valence-corrected chi connectivity index (χ0v) is 13.4. The van der Waals surface area contributed by atoms with E-state index in [-0.39, 0.29) is 5.82 Å². The summed E-state index contributed by atoms with van der Waals surface area (Å²) in [6.45, 7) is 3.23. The number of fused-ring (bicyclic) bond motifs is 1.